The molecule has 3 saturated heterocycles. The molecule has 0 spiro atoms. The zero-order chi connectivity index (χ0) is 22.5. The summed E-state index contributed by atoms with van der Waals surface area (Å²) in [7, 11) is 0.210. The third kappa shape index (κ3) is 6.19. The first kappa shape index (κ1) is 25.8. The summed E-state index contributed by atoms with van der Waals surface area (Å²) < 4.78 is 37.3. The maximum absolute atomic E-state index is 6.54. The quantitative estimate of drug-likeness (QED) is 0.457. The molecule has 4 unspecified atom stereocenters. The molecule has 0 amide bonds. The van der Waals surface area contributed by atoms with Crippen molar-refractivity contribution in [1.29, 1.82) is 0 Å². The van der Waals surface area contributed by atoms with Crippen LogP contribution in [0, 0.1) is 11.8 Å². The van der Waals surface area contributed by atoms with Crippen LogP contribution in [0.15, 0.2) is 0 Å². The molecule has 1 N–H and O–H groups in total. The van der Waals surface area contributed by atoms with Crippen molar-refractivity contribution in [2.24, 2.45) is 11.8 Å². The second kappa shape index (κ2) is 12.0. The second-order valence-electron chi connectivity index (χ2n) is 9.43. The topological polar surface area (TPSA) is 67.4 Å². The van der Waals surface area contributed by atoms with Gasteiger partial charge in [-0.1, -0.05) is 27.7 Å². The molecule has 3 fully saturated rings. The summed E-state index contributed by atoms with van der Waals surface area (Å²) in [5.74, 6) is 0.618. The van der Waals surface area contributed by atoms with Gasteiger partial charge in [0.1, 0.15) is 6.10 Å². The van der Waals surface area contributed by atoms with E-state index >= 15 is 0 Å². The lowest BCUT2D eigenvalue weighted by Crippen LogP contribution is -2.37. The largest absolute Gasteiger partial charge is 0.378 e. The van der Waals surface area contributed by atoms with Gasteiger partial charge in [0.15, 0.2) is 0 Å². The van der Waals surface area contributed by atoms with Crippen molar-refractivity contribution in [3.63, 3.8) is 0 Å². The Morgan fingerprint density at radius 1 is 1.00 bits per heavy atom. The van der Waals surface area contributed by atoms with Gasteiger partial charge in [-0.2, -0.15) is 0 Å². The van der Waals surface area contributed by atoms with Crippen LogP contribution in [0.25, 0.3) is 0 Å². The first-order chi connectivity index (χ1) is 14.9. The van der Waals surface area contributed by atoms with Gasteiger partial charge in [0.2, 0.25) is 0 Å². The second-order valence-corrected chi connectivity index (χ2v) is 10.6. The van der Waals surface area contributed by atoms with Crippen LogP contribution in [0.3, 0.4) is 0 Å². The number of rotatable bonds is 11. The van der Waals surface area contributed by atoms with E-state index in [4.69, 9.17) is 27.8 Å². The Hall–Kier alpha value is 0.150. The highest BCUT2D eigenvalue weighted by atomic mass is 31.2. The van der Waals surface area contributed by atoms with E-state index in [1.165, 1.54) is 6.42 Å². The molecule has 11 atom stereocenters. The van der Waals surface area contributed by atoms with Crippen molar-refractivity contribution < 1.29 is 27.8 Å². The van der Waals surface area contributed by atoms with E-state index in [-0.39, 0.29) is 42.7 Å². The first-order valence-corrected chi connectivity index (χ1v) is 13.3. The number of nitrogens with one attached hydrogen (secondary N) is 1. The van der Waals surface area contributed by atoms with Crippen molar-refractivity contribution in [3.05, 3.63) is 0 Å². The van der Waals surface area contributed by atoms with Crippen LogP contribution in [0.5, 0.6) is 0 Å². The zero-order valence-electron chi connectivity index (χ0n) is 20.4. The van der Waals surface area contributed by atoms with Crippen LogP contribution in [0.2, 0.25) is 0 Å². The molecule has 8 heteroatoms. The van der Waals surface area contributed by atoms with Crippen LogP contribution in [0.4, 0.5) is 0 Å². The van der Waals surface area contributed by atoms with Gasteiger partial charge in [-0.05, 0) is 46.1 Å². The van der Waals surface area contributed by atoms with Crippen molar-refractivity contribution >= 4 is 8.60 Å². The predicted molar refractivity (Wildman–Crippen MR) is 122 cm³/mol. The normalized spacial score (nSPS) is 42.9. The summed E-state index contributed by atoms with van der Waals surface area (Å²) in [5.41, 5.74) is 0. The highest BCUT2D eigenvalue weighted by molar-refractivity contribution is 7.41. The van der Waals surface area contributed by atoms with Gasteiger partial charge in [0.25, 0.3) is 0 Å². The minimum atomic E-state index is -1.54. The Labute approximate surface area is 190 Å². The van der Waals surface area contributed by atoms with Gasteiger partial charge in [-0.25, -0.2) is 0 Å². The SMILES string of the molecule is CC[C@@H](OP(OC[C@H]1O[C@@H](C)[C@@H](C)C1OC)OC1[C@@H](CC)O[C@@H](C)[C@H]1C)C1CCCN1. The van der Waals surface area contributed by atoms with Crippen LogP contribution < -0.4 is 5.32 Å². The van der Waals surface area contributed by atoms with E-state index in [0.29, 0.717) is 24.5 Å². The molecule has 182 valence electrons. The molecule has 0 aromatic carbocycles. The molecule has 31 heavy (non-hydrogen) atoms. The van der Waals surface area contributed by atoms with Gasteiger partial charge >= 0.3 is 8.60 Å². The lowest BCUT2D eigenvalue weighted by atomic mass is 9.98. The number of hydrogen-bond acceptors (Lipinski definition) is 7. The van der Waals surface area contributed by atoms with Crippen LogP contribution >= 0.6 is 8.60 Å². The average Bonchev–Trinajstić information content (AvgIpc) is 3.45. The molecule has 3 aliphatic rings. The first-order valence-electron chi connectivity index (χ1n) is 12.2. The average molecular weight is 462 g/mol. The van der Waals surface area contributed by atoms with Crippen molar-refractivity contribution in [1.82, 2.24) is 5.32 Å². The molecule has 0 aliphatic carbocycles. The molecule has 3 heterocycles. The number of ether oxygens (including phenoxy) is 3. The maximum atomic E-state index is 6.54. The van der Waals surface area contributed by atoms with Gasteiger partial charge < -0.3 is 33.1 Å². The maximum Gasteiger partial charge on any atom is 0.333 e. The van der Waals surface area contributed by atoms with Crippen LogP contribution in [-0.4, -0.2) is 69.0 Å². The summed E-state index contributed by atoms with van der Waals surface area (Å²) in [6, 6.07) is 0.356. The van der Waals surface area contributed by atoms with E-state index in [9.17, 15) is 0 Å². The fourth-order valence-corrected chi connectivity index (χ4v) is 6.53. The summed E-state index contributed by atoms with van der Waals surface area (Å²) in [6.45, 7) is 14.3. The highest BCUT2D eigenvalue weighted by Gasteiger charge is 2.44. The van der Waals surface area contributed by atoms with Crippen LogP contribution in [0.1, 0.15) is 67.2 Å². The molecular formula is C23H44NO6P. The highest BCUT2D eigenvalue weighted by Crippen LogP contribution is 2.48. The number of hydrogen-bond donors (Lipinski definition) is 1. The fourth-order valence-electron chi connectivity index (χ4n) is 5.05. The Balaban J connectivity index is 1.67. The third-order valence-electron chi connectivity index (χ3n) is 7.43. The molecule has 0 bridgehead atoms. The molecule has 0 radical (unpaired) electrons. The summed E-state index contributed by atoms with van der Waals surface area (Å²) >= 11 is 0. The minimum Gasteiger partial charge on any atom is -0.378 e. The third-order valence-corrected chi connectivity index (χ3v) is 8.64. The van der Waals surface area contributed by atoms with Crippen LogP contribution in [-0.2, 0) is 27.8 Å². The fraction of sp³-hybridized carbons (Fsp3) is 1.00. The minimum absolute atomic E-state index is 0.0162. The van der Waals surface area contributed by atoms with E-state index in [1.807, 2.05) is 0 Å². The zero-order valence-corrected chi connectivity index (χ0v) is 21.3. The molecule has 0 aromatic rings. The Morgan fingerprint density at radius 2 is 1.68 bits per heavy atom. The molecule has 0 saturated carbocycles. The van der Waals surface area contributed by atoms with Crippen molar-refractivity contribution in [3.8, 4) is 0 Å². The Morgan fingerprint density at radius 3 is 2.26 bits per heavy atom. The molecule has 3 aliphatic heterocycles. The van der Waals surface area contributed by atoms with E-state index in [1.54, 1.807) is 7.11 Å². The van der Waals surface area contributed by atoms with Gasteiger partial charge in [-0.3, -0.25) is 0 Å². The van der Waals surface area contributed by atoms with Gasteiger partial charge in [0.05, 0.1) is 43.2 Å². The monoisotopic (exact) mass is 461 g/mol. The van der Waals surface area contributed by atoms with E-state index in [0.717, 1.165) is 25.8 Å². The summed E-state index contributed by atoms with van der Waals surface area (Å²) in [6.07, 6.45) is 4.48. The lowest BCUT2D eigenvalue weighted by Gasteiger charge is -2.31. The molecule has 3 rings (SSSR count). The molecule has 7 nitrogen and oxygen atoms in total. The van der Waals surface area contributed by atoms with Crippen molar-refractivity contribution in [2.45, 2.75) is 116 Å². The summed E-state index contributed by atoms with van der Waals surface area (Å²) in [4.78, 5) is 0. The Kier molecular flexibility index (Phi) is 10.00. The van der Waals surface area contributed by atoms with Gasteiger partial charge in [0, 0.05) is 25.0 Å². The predicted octanol–water partition coefficient (Wildman–Crippen LogP) is 4.43. The van der Waals surface area contributed by atoms with E-state index in [2.05, 4.69) is 46.9 Å². The van der Waals surface area contributed by atoms with Crippen molar-refractivity contribution in [2.75, 3.05) is 20.3 Å². The summed E-state index contributed by atoms with van der Waals surface area (Å²) in [5, 5.41) is 3.57. The lowest BCUT2D eigenvalue weighted by molar-refractivity contribution is -0.0377. The molecule has 0 aromatic heterocycles. The van der Waals surface area contributed by atoms with E-state index < -0.39 is 8.60 Å². The van der Waals surface area contributed by atoms with Gasteiger partial charge in [-0.15, -0.1) is 0 Å². The number of methoxy groups -OCH3 is 1. The smallest absolute Gasteiger partial charge is 0.333 e. The Bertz CT molecular complexity index is 536. The molecular weight excluding hydrogens is 417 g/mol. The standard InChI is InChI=1S/C23H44NO6P/c1-8-19(18-11-10-12-24-18)29-31(30-23-15(4)17(6)27-20(23)9-2)26-13-21-22(25-7)14(3)16(5)28-21/h14-24H,8-13H2,1-7H3/t14-,15-,16+,17+,18?,19-,20-,21-,22?,23?,31?/m1/s1.